The van der Waals surface area contributed by atoms with E-state index in [9.17, 15) is 4.79 Å². The lowest BCUT2D eigenvalue weighted by Gasteiger charge is -2.12. The predicted octanol–water partition coefficient (Wildman–Crippen LogP) is 0.681. The molecule has 0 amide bonds. The summed E-state index contributed by atoms with van der Waals surface area (Å²) in [5, 5.41) is 10.4. The van der Waals surface area contributed by atoms with Crippen molar-refractivity contribution in [1.82, 2.24) is 20.1 Å². The molecule has 5 nitrogen and oxygen atoms in total. The molecule has 1 atom stereocenters. The van der Waals surface area contributed by atoms with E-state index in [1.807, 2.05) is 14.0 Å². The summed E-state index contributed by atoms with van der Waals surface area (Å²) in [6, 6.07) is 0.465. The SMILES string of the molecule is CCC(CSc1n[nH]c(=O)n1CC)NC. The summed E-state index contributed by atoms with van der Waals surface area (Å²) in [5.41, 5.74) is -0.127. The highest BCUT2D eigenvalue weighted by Crippen LogP contribution is 2.14. The third-order valence-electron chi connectivity index (χ3n) is 2.35. The lowest BCUT2D eigenvalue weighted by molar-refractivity contribution is 0.598. The van der Waals surface area contributed by atoms with Crippen molar-refractivity contribution in [2.24, 2.45) is 0 Å². The summed E-state index contributed by atoms with van der Waals surface area (Å²) >= 11 is 1.61. The van der Waals surface area contributed by atoms with Crippen molar-refractivity contribution in [2.45, 2.75) is 38.0 Å². The molecule has 0 aliphatic rings. The van der Waals surface area contributed by atoms with Gasteiger partial charge in [0.15, 0.2) is 5.16 Å². The second-order valence-electron chi connectivity index (χ2n) is 3.26. The average Bonchev–Trinajstić information content (AvgIpc) is 2.61. The zero-order valence-electron chi connectivity index (χ0n) is 9.41. The number of rotatable bonds is 6. The van der Waals surface area contributed by atoms with Gasteiger partial charge in [0.1, 0.15) is 0 Å². The third kappa shape index (κ3) is 3.10. The van der Waals surface area contributed by atoms with E-state index < -0.39 is 0 Å². The molecular weight excluding hydrogens is 212 g/mol. The maximum Gasteiger partial charge on any atom is 0.343 e. The van der Waals surface area contributed by atoms with Crippen LogP contribution >= 0.6 is 11.8 Å². The Morgan fingerprint density at radius 2 is 2.33 bits per heavy atom. The van der Waals surface area contributed by atoms with E-state index in [4.69, 9.17) is 0 Å². The molecule has 0 saturated carbocycles. The van der Waals surface area contributed by atoms with Gasteiger partial charge in [0.05, 0.1) is 0 Å². The first-order valence-electron chi connectivity index (χ1n) is 5.18. The standard InChI is InChI=1S/C9H18N4OS/c1-4-7(10-3)6-15-9-12-11-8(14)13(9)5-2/h7,10H,4-6H2,1-3H3,(H,11,14). The summed E-state index contributed by atoms with van der Waals surface area (Å²) in [6.07, 6.45) is 1.07. The van der Waals surface area contributed by atoms with Gasteiger partial charge in [0.25, 0.3) is 0 Å². The molecule has 86 valence electrons. The zero-order valence-corrected chi connectivity index (χ0v) is 10.2. The number of H-pyrrole nitrogens is 1. The lowest BCUT2D eigenvalue weighted by atomic mass is 10.3. The normalized spacial score (nSPS) is 13.0. The van der Waals surface area contributed by atoms with Gasteiger partial charge >= 0.3 is 5.69 Å². The van der Waals surface area contributed by atoms with Crippen LogP contribution in [-0.4, -0.2) is 33.6 Å². The van der Waals surface area contributed by atoms with Gasteiger partial charge in [-0.1, -0.05) is 18.7 Å². The molecule has 0 saturated heterocycles. The highest BCUT2D eigenvalue weighted by Gasteiger charge is 2.09. The Bertz CT molecular complexity index is 342. The molecule has 1 unspecified atom stereocenters. The highest BCUT2D eigenvalue weighted by atomic mass is 32.2. The molecule has 0 radical (unpaired) electrons. The van der Waals surface area contributed by atoms with Crippen molar-refractivity contribution in [3.63, 3.8) is 0 Å². The number of aromatic amines is 1. The minimum absolute atomic E-state index is 0.127. The van der Waals surface area contributed by atoms with Crippen molar-refractivity contribution >= 4 is 11.8 Å². The van der Waals surface area contributed by atoms with Gasteiger partial charge in [-0.3, -0.25) is 4.57 Å². The minimum atomic E-state index is -0.127. The minimum Gasteiger partial charge on any atom is -0.316 e. The van der Waals surface area contributed by atoms with Gasteiger partial charge in [-0.25, -0.2) is 9.89 Å². The molecule has 1 aromatic heterocycles. The second kappa shape index (κ2) is 5.97. The lowest BCUT2D eigenvalue weighted by Crippen LogP contribution is -2.27. The van der Waals surface area contributed by atoms with E-state index in [2.05, 4.69) is 22.4 Å². The smallest absolute Gasteiger partial charge is 0.316 e. The first-order chi connectivity index (χ1) is 7.22. The van der Waals surface area contributed by atoms with Gasteiger partial charge in [-0.05, 0) is 20.4 Å². The van der Waals surface area contributed by atoms with Crippen LogP contribution in [0.1, 0.15) is 20.3 Å². The number of aromatic nitrogens is 3. The summed E-state index contributed by atoms with van der Waals surface area (Å²) in [7, 11) is 1.95. The van der Waals surface area contributed by atoms with Crippen molar-refractivity contribution in [3.8, 4) is 0 Å². The molecule has 1 rings (SSSR count). The van der Waals surface area contributed by atoms with Crippen molar-refractivity contribution < 1.29 is 0 Å². The molecule has 1 aromatic rings. The second-order valence-corrected chi connectivity index (χ2v) is 4.25. The largest absolute Gasteiger partial charge is 0.343 e. The van der Waals surface area contributed by atoms with Gasteiger partial charge in [0, 0.05) is 18.3 Å². The monoisotopic (exact) mass is 230 g/mol. The molecule has 0 spiro atoms. The molecular formula is C9H18N4OS. The Balaban J connectivity index is 2.60. The molecule has 1 heterocycles. The number of hydrogen-bond acceptors (Lipinski definition) is 4. The summed E-state index contributed by atoms with van der Waals surface area (Å²) in [6.45, 7) is 4.74. The Kier molecular flexibility index (Phi) is 4.90. The van der Waals surface area contributed by atoms with Crippen LogP contribution in [0.15, 0.2) is 9.95 Å². The number of hydrogen-bond donors (Lipinski definition) is 2. The zero-order chi connectivity index (χ0) is 11.3. The maximum absolute atomic E-state index is 11.3. The van der Waals surface area contributed by atoms with E-state index in [1.54, 1.807) is 16.3 Å². The molecule has 0 aliphatic carbocycles. The molecule has 0 aliphatic heterocycles. The van der Waals surface area contributed by atoms with E-state index in [0.717, 1.165) is 17.3 Å². The van der Waals surface area contributed by atoms with Crippen molar-refractivity contribution in [3.05, 3.63) is 10.5 Å². The highest BCUT2D eigenvalue weighted by molar-refractivity contribution is 7.99. The first kappa shape index (κ1) is 12.3. The van der Waals surface area contributed by atoms with Crippen LogP contribution in [0.25, 0.3) is 0 Å². The Labute approximate surface area is 93.6 Å². The Morgan fingerprint density at radius 1 is 1.60 bits per heavy atom. The van der Waals surface area contributed by atoms with Crippen LogP contribution in [-0.2, 0) is 6.54 Å². The maximum atomic E-state index is 11.3. The van der Waals surface area contributed by atoms with Crippen LogP contribution in [0.4, 0.5) is 0 Å². The number of thioether (sulfide) groups is 1. The first-order valence-corrected chi connectivity index (χ1v) is 6.16. The molecule has 0 fully saturated rings. The van der Waals surface area contributed by atoms with Gasteiger partial charge in [-0.2, -0.15) is 0 Å². The van der Waals surface area contributed by atoms with Crippen molar-refractivity contribution in [1.29, 1.82) is 0 Å². The van der Waals surface area contributed by atoms with Crippen LogP contribution < -0.4 is 11.0 Å². The summed E-state index contributed by atoms with van der Waals surface area (Å²) in [5.74, 6) is 0.928. The number of nitrogens with one attached hydrogen (secondary N) is 2. The fourth-order valence-electron chi connectivity index (χ4n) is 1.27. The summed E-state index contributed by atoms with van der Waals surface area (Å²) in [4.78, 5) is 11.3. The van der Waals surface area contributed by atoms with Gasteiger partial charge in [-0.15, -0.1) is 5.10 Å². The molecule has 15 heavy (non-hydrogen) atoms. The van der Waals surface area contributed by atoms with Crippen LogP contribution in [0.5, 0.6) is 0 Å². The molecule has 0 aromatic carbocycles. The van der Waals surface area contributed by atoms with E-state index in [-0.39, 0.29) is 5.69 Å². The predicted molar refractivity (Wildman–Crippen MR) is 62.4 cm³/mol. The van der Waals surface area contributed by atoms with Crippen molar-refractivity contribution in [2.75, 3.05) is 12.8 Å². The molecule has 6 heteroatoms. The van der Waals surface area contributed by atoms with Crippen LogP contribution in [0.3, 0.4) is 0 Å². The number of nitrogens with zero attached hydrogens (tertiary/aromatic N) is 2. The quantitative estimate of drug-likeness (QED) is 0.706. The molecule has 2 N–H and O–H groups in total. The Morgan fingerprint density at radius 3 is 2.87 bits per heavy atom. The Hall–Kier alpha value is -0.750. The average molecular weight is 230 g/mol. The fraction of sp³-hybridized carbons (Fsp3) is 0.778. The third-order valence-corrected chi connectivity index (χ3v) is 3.49. The van der Waals surface area contributed by atoms with Gasteiger partial charge in [0.2, 0.25) is 0 Å². The van der Waals surface area contributed by atoms with Crippen LogP contribution in [0.2, 0.25) is 0 Å². The van der Waals surface area contributed by atoms with E-state index >= 15 is 0 Å². The van der Waals surface area contributed by atoms with E-state index in [1.165, 1.54) is 0 Å². The molecule has 0 bridgehead atoms. The van der Waals surface area contributed by atoms with Crippen LogP contribution in [0, 0.1) is 0 Å². The topological polar surface area (TPSA) is 62.7 Å². The summed E-state index contributed by atoms with van der Waals surface area (Å²) < 4.78 is 1.65. The fourth-order valence-corrected chi connectivity index (χ4v) is 2.50. The van der Waals surface area contributed by atoms with E-state index in [0.29, 0.717) is 12.6 Å². The van der Waals surface area contributed by atoms with Gasteiger partial charge < -0.3 is 5.32 Å².